The zero-order chi connectivity index (χ0) is 13.0. The molecule has 1 aromatic carbocycles. The zero-order valence-corrected chi connectivity index (χ0v) is 13.1. The van der Waals surface area contributed by atoms with Crippen molar-refractivity contribution >= 4 is 15.9 Å². The highest BCUT2D eigenvalue weighted by Crippen LogP contribution is 2.52. The summed E-state index contributed by atoms with van der Waals surface area (Å²) >= 11 is 3.68. The van der Waals surface area contributed by atoms with Crippen LogP contribution in [0.1, 0.15) is 57.6 Å². The second-order valence-electron chi connectivity index (χ2n) is 6.86. The molecule has 0 N–H and O–H groups in total. The molecular weight excluding hydrogens is 288 g/mol. The van der Waals surface area contributed by atoms with Crippen molar-refractivity contribution in [1.29, 1.82) is 0 Å². The minimum absolute atomic E-state index is 0.137. The van der Waals surface area contributed by atoms with Gasteiger partial charge < -0.3 is 4.74 Å². The van der Waals surface area contributed by atoms with Gasteiger partial charge in [0.1, 0.15) is 5.75 Å². The minimum Gasteiger partial charge on any atom is -0.492 e. The standard InChI is InChI=1S/C16H21BrO/c1-15(2,3)12-8-11(17)9-13-14(12)18-10-16(13)6-4-5-7-16/h8-9H,4-7,10H2,1-3H3. The molecule has 2 aliphatic rings. The number of benzene rings is 1. The van der Waals surface area contributed by atoms with E-state index in [4.69, 9.17) is 4.74 Å². The monoisotopic (exact) mass is 308 g/mol. The minimum atomic E-state index is 0.137. The molecule has 1 nitrogen and oxygen atoms in total. The summed E-state index contributed by atoms with van der Waals surface area (Å²) in [5.41, 5.74) is 3.26. The van der Waals surface area contributed by atoms with Gasteiger partial charge in [-0.05, 0) is 30.4 Å². The van der Waals surface area contributed by atoms with Crippen LogP contribution in [0, 0.1) is 0 Å². The van der Waals surface area contributed by atoms with Crippen molar-refractivity contribution in [2.24, 2.45) is 0 Å². The van der Waals surface area contributed by atoms with E-state index in [0.29, 0.717) is 5.41 Å². The molecule has 1 aliphatic carbocycles. The maximum absolute atomic E-state index is 6.13. The van der Waals surface area contributed by atoms with Gasteiger partial charge in [-0.3, -0.25) is 0 Å². The van der Waals surface area contributed by atoms with Crippen molar-refractivity contribution in [3.05, 3.63) is 27.7 Å². The van der Waals surface area contributed by atoms with Gasteiger partial charge in [0.2, 0.25) is 0 Å². The fourth-order valence-electron chi connectivity index (χ4n) is 3.45. The third kappa shape index (κ3) is 1.80. The Kier molecular flexibility index (Phi) is 2.78. The molecule has 1 spiro atoms. The van der Waals surface area contributed by atoms with Crippen LogP contribution in [0.4, 0.5) is 0 Å². The van der Waals surface area contributed by atoms with Crippen LogP contribution in [0.5, 0.6) is 5.75 Å². The molecule has 0 bridgehead atoms. The highest BCUT2D eigenvalue weighted by Gasteiger charge is 2.44. The van der Waals surface area contributed by atoms with Crippen LogP contribution < -0.4 is 4.74 Å². The van der Waals surface area contributed by atoms with Crippen molar-refractivity contribution in [3.63, 3.8) is 0 Å². The lowest BCUT2D eigenvalue weighted by molar-refractivity contribution is 0.264. The largest absolute Gasteiger partial charge is 0.492 e. The smallest absolute Gasteiger partial charge is 0.127 e. The summed E-state index contributed by atoms with van der Waals surface area (Å²) in [4.78, 5) is 0. The SMILES string of the molecule is CC(C)(C)c1cc(Br)cc2c1OCC21CCCC1. The van der Waals surface area contributed by atoms with E-state index in [0.717, 1.165) is 6.61 Å². The Bertz CT molecular complexity index is 479. The van der Waals surface area contributed by atoms with Gasteiger partial charge in [-0.25, -0.2) is 0 Å². The maximum atomic E-state index is 6.13. The lowest BCUT2D eigenvalue weighted by atomic mass is 9.77. The van der Waals surface area contributed by atoms with Crippen LogP contribution in [0.15, 0.2) is 16.6 Å². The molecule has 1 aromatic rings. The van der Waals surface area contributed by atoms with E-state index in [9.17, 15) is 0 Å². The van der Waals surface area contributed by atoms with Gasteiger partial charge in [0, 0.05) is 21.0 Å². The van der Waals surface area contributed by atoms with E-state index in [1.807, 2.05) is 0 Å². The molecule has 0 atom stereocenters. The molecule has 3 rings (SSSR count). The average molecular weight is 309 g/mol. The van der Waals surface area contributed by atoms with Crippen molar-refractivity contribution in [2.75, 3.05) is 6.61 Å². The first-order chi connectivity index (χ1) is 8.42. The highest BCUT2D eigenvalue weighted by molar-refractivity contribution is 9.10. The number of rotatable bonds is 0. The summed E-state index contributed by atoms with van der Waals surface area (Å²) < 4.78 is 7.33. The van der Waals surface area contributed by atoms with Crippen LogP contribution in [0.25, 0.3) is 0 Å². The quantitative estimate of drug-likeness (QED) is 0.659. The third-order valence-corrected chi connectivity index (χ3v) is 4.94. The Hall–Kier alpha value is -0.500. The summed E-state index contributed by atoms with van der Waals surface area (Å²) in [7, 11) is 0. The van der Waals surface area contributed by atoms with E-state index in [1.165, 1.54) is 47.0 Å². The van der Waals surface area contributed by atoms with Gasteiger partial charge in [0.05, 0.1) is 6.61 Å². The second-order valence-corrected chi connectivity index (χ2v) is 7.77. The van der Waals surface area contributed by atoms with Crippen LogP contribution >= 0.6 is 15.9 Å². The van der Waals surface area contributed by atoms with E-state index < -0.39 is 0 Å². The van der Waals surface area contributed by atoms with E-state index in [2.05, 4.69) is 48.8 Å². The van der Waals surface area contributed by atoms with E-state index in [1.54, 1.807) is 0 Å². The van der Waals surface area contributed by atoms with Gasteiger partial charge >= 0.3 is 0 Å². The third-order valence-electron chi connectivity index (χ3n) is 4.49. The lowest BCUT2D eigenvalue weighted by Gasteiger charge is -2.24. The maximum Gasteiger partial charge on any atom is 0.127 e. The molecule has 18 heavy (non-hydrogen) atoms. The van der Waals surface area contributed by atoms with Crippen molar-refractivity contribution in [3.8, 4) is 5.75 Å². The molecule has 0 unspecified atom stereocenters. The van der Waals surface area contributed by atoms with Crippen LogP contribution in [0.3, 0.4) is 0 Å². The summed E-state index contributed by atoms with van der Waals surface area (Å²) in [6.45, 7) is 7.68. The summed E-state index contributed by atoms with van der Waals surface area (Å²) in [6.07, 6.45) is 5.28. The molecule has 1 aliphatic heterocycles. The van der Waals surface area contributed by atoms with Gasteiger partial charge in [0.15, 0.2) is 0 Å². The second kappa shape index (κ2) is 4.00. The number of hydrogen-bond acceptors (Lipinski definition) is 1. The Morgan fingerprint density at radius 2 is 1.83 bits per heavy atom. The molecule has 0 saturated heterocycles. The summed E-state index contributed by atoms with van der Waals surface area (Å²) in [6, 6.07) is 4.52. The van der Waals surface area contributed by atoms with Crippen molar-refractivity contribution in [1.82, 2.24) is 0 Å². The lowest BCUT2D eigenvalue weighted by Crippen LogP contribution is -2.23. The summed E-state index contributed by atoms with van der Waals surface area (Å²) in [5, 5.41) is 0. The van der Waals surface area contributed by atoms with Gasteiger partial charge in [0.25, 0.3) is 0 Å². The first-order valence-electron chi connectivity index (χ1n) is 6.90. The molecular formula is C16H21BrO. The summed E-state index contributed by atoms with van der Waals surface area (Å²) in [5.74, 6) is 1.17. The molecule has 1 saturated carbocycles. The molecule has 2 heteroatoms. The fraction of sp³-hybridized carbons (Fsp3) is 0.625. The predicted molar refractivity (Wildman–Crippen MR) is 78.5 cm³/mol. The Morgan fingerprint density at radius 1 is 1.17 bits per heavy atom. The Balaban J connectivity index is 2.18. The molecule has 1 heterocycles. The van der Waals surface area contributed by atoms with Crippen LogP contribution in [-0.2, 0) is 10.8 Å². The van der Waals surface area contributed by atoms with Crippen LogP contribution in [0.2, 0.25) is 0 Å². The topological polar surface area (TPSA) is 9.23 Å². The molecule has 0 aromatic heterocycles. The zero-order valence-electron chi connectivity index (χ0n) is 11.5. The Labute approximate surface area is 118 Å². The van der Waals surface area contributed by atoms with Crippen molar-refractivity contribution in [2.45, 2.75) is 57.3 Å². The van der Waals surface area contributed by atoms with Crippen LogP contribution in [-0.4, -0.2) is 6.61 Å². The van der Waals surface area contributed by atoms with E-state index >= 15 is 0 Å². The number of halogens is 1. The fourth-order valence-corrected chi connectivity index (χ4v) is 3.91. The highest BCUT2D eigenvalue weighted by atomic mass is 79.9. The number of ether oxygens (including phenoxy) is 1. The normalized spacial score (nSPS) is 21.1. The first kappa shape index (κ1) is 12.5. The number of hydrogen-bond donors (Lipinski definition) is 0. The Morgan fingerprint density at radius 3 is 2.44 bits per heavy atom. The number of fused-ring (bicyclic) bond motifs is 2. The van der Waals surface area contributed by atoms with Gasteiger partial charge in [-0.15, -0.1) is 0 Å². The molecule has 98 valence electrons. The molecule has 0 amide bonds. The van der Waals surface area contributed by atoms with Crippen molar-refractivity contribution < 1.29 is 4.74 Å². The molecule has 1 fully saturated rings. The molecule has 0 radical (unpaired) electrons. The average Bonchev–Trinajstić information content (AvgIpc) is 2.87. The van der Waals surface area contributed by atoms with E-state index in [-0.39, 0.29) is 5.41 Å². The van der Waals surface area contributed by atoms with Gasteiger partial charge in [-0.2, -0.15) is 0 Å². The van der Waals surface area contributed by atoms with Gasteiger partial charge in [-0.1, -0.05) is 49.5 Å². The predicted octanol–water partition coefficient (Wildman–Crippen LogP) is 4.95. The first-order valence-corrected chi connectivity index (χ1v) is 7.69.